The van der Waals surface area contributed by atoms with Crippen molar-refractivity contribution in [3.8, 4) is 11.5 Å². The number of nitrogens with zero attached hydrogens (tertiary/aromatic N) is 4. The Balaban J connectivity index is 1.42. The fourth-order valence-corrected chi connectivity index (χ4v) is 6.17. The number of aromatic hydroxyl groups is 1. The van der Waals surface area contributed by atoms with Crippen LogP contribution in [0.2, 0.25) is 0 Å². The summed E-state index contributed by atoms with van der Waals surface area (Å²) < 4.78 is 5.48. The summed E-state index contributed by atoms with van der Waals surface area (Å²) in [4.78, 5) is 39.3. The lowest BCUT2D eigenvalue weighted by atomic mass is 9.81. The Morgan fingerprint density at radius 1 is 1.08 bits per heavy atom. The number of urea groups is 1. The van der Waals surface area contributed by atoms with Gasteiger partial charge in [-0.15, -0.1) is 0 Å². The van der Waals surface area contributed by atoms with Gasteiger partial charge >= 0.3 is 6.03 Å². The average molecular weight is 504 g/mol. The average Bonchev–Trinajstić information content (AvgIpc) is 3.33. The number of H-pyrrole nitrogens is 1. The van der Waals surface area contributed by atoms with E-state index in [2.05, 4.69) is 21.8 Å². The van der Waals surface area contributed by atoms with Gasteiger partial charge in [0.05, 0.1) is 7.11 Å². The first-order chi connectivity index (χ1) is 17.8. The molecule has 9 heteroatoms. The van der Waals surface area contributed by atoms with Crippen molar-refractivity contribution < 1.29 is 19.4 Å². The Hall–Kier alpha value is -3.56. The van der Waals surface area contributed by atoms with Crippen molar-refractivity contribution in [2.45, 2.75) is 24.9 Å². The van der Waals surface area contributed by atoms with Gasteiger partial charge in [0, 0.05) is 62.3 Å². The molecular weight excluding hydrogens is 470 g/mol. The lowest BCUT2D eigenvalue weighted by molar-refractivity contribution is -0.133. The molecule has 37 heavy (non-hydrogen) atoms. The Bertz CT molecular complexity index is 1380. The maximum absolute atomic E-state index is 14.0. The molecule has 2 saturated heterocycles. The zero-order valence-electron chi connectivity index (χ0n) is 21.5. The molecular formula is C28H33N5O4. The van der Waals surface area contributed by atoms with Gasteiger partial charge in [-0.05, 0) is 55.4 Å². The molecule has 3 aromatic rings. The van der Waals surface area contributed by atoms with E-state index in [0.29, 0.717) is 19.5 Å². The molecule has 1 aromatic heterocycles. The number of aromatic nitrogens is 1. The smallest absolute Gasteiger partial charge is 0.328 e. The fraction of sp³-hybridized carbons (Fsp3) is 0.429. The Morgan fingerprint density at radius 2 is 1.86 bits per heavy atom. The summed E-state index contributed by atoms with van der Waals surface area (Å²) in [5.41, 5.74) is 2.51. The van der Waals surface area contributed by atoms with Crippen LogP contribution in [0.3, 0.4) is 0 Å². The van der Waals surface area contributed by atoms with Crippen molar-refractivity contribution in [2.75, 3.05) is 53.4 Å². The lowest BCUT2D eigenvalue weighted by Crippen LogP contribution is -2.53. The third kappa shape index (κ3) is 3.76. The fourth-order valence-electron chi connectivity index (χ4n) is 6.17. The minimum Gasteiger partial charge on any atom is -0.508 e. The van der Waals surface area contributed by atoms with Crippen molar-refractivity contribution in [1.29, 1.82) is 0 Å². The van der Waals surface area contributed by atoms with E-state index in [1.807, 2.05) is 31.2 Å². The largest absolute Gasteiger partial charge is 0.508 e. The van der Waals surface area contributed by atoms with E-state index in [0.717, 1.165) is 59.7 Å². The number of hydrogen-bond donors (Lipinski definition) is 2. The molecule has 3 aliphatic rings. The summed E-state index contributed by atoms with van der Waals surface area (Å²) in [6.45, 7) is 6.73. The molecule has 0 unspecified atom stereocenters. The number of benzene rings is 2. The molecule has 194 valence electrons. The van der Waals surface area contributed by atoms with Crippen LogP contribution in [0.15, 0.2) is 42.5 Å². The van der Waals surface area contributed by atoms with Crippen LogP contribution in [0.4, 0.5) is 4.79 Å². The van der Waals surface area contributed by atoms with Crippen LogP contribution in [-0.4, -0.2) is 101 Å². The third-order valence-electron chi connectivity index (χ3n) is 8.30. The molecule has 2 aromatic carbocycles. The van der Waals surface area contributed by atoms with E-state index in [1.54, 1.807) is 30.2 Å². The quantitative estimate of drug-likeness (QED) is 0.521. The number of nitrogens with one attached hydrogen (secondary N) is 1. The number of likely N-dealkylation sites (N-methyl/N-ethyl adjacent to an activating group) is 1. The van der Waals surface area contributed by atoms with Gasteiger partial charge in [0.2, 0.25) is 0 Å². The Labute approximate surface area is 216 Å². The zero-order chi connectivity index (χ0) is 25.9. The number of carbonyl (C=O) groups is 2. The summed E-state index contributed by atoms with van der Waals surface area (Å²) in [5, 5.41) is 11.3. The van der Waals surface area contributed by atoms with Crippen molar-refractivity contribution >= 4 is 22.8 Å². The number of rotatable bonds is 5. The highest BCUT2D eigenvalue weighted by molar-refractivity contribution is 6.08. The summed E-state index contributed by atoms with van der Waals surface area (Å²) in [6, 6.07) is 12.0. The molecule has 3 aliphatic heterocycles. The number of aromatic amines is 1. The maximum Gasteiger partial charge on any atom is 0.328 e. The summed E-state index contributed by atoms with van der Waals surface area (Å²) >= 11 is 0. The monoisotopic (exact) mass is 503 g/mol. The van der Waals surface area contributed by atoms with E-state index in [1.165, 1.54) is 4.90 Å². The summed E-state index contributed by atoms with van der Waals surface area (Å²) in [7, 11) is 3.75. The van der Waals surface area contributed by atoms with E-state index in [9.17, 15) is 14.7 Å². The minimum atomic E-state index is -1.04. The van der Waals surface area contributed by atoms with Crippen LogP contribution < -0.4 is 4.74 Å². The molecule has 9 nitrogen and oxygen atoms in total. The van der Waals surface area contributed by atoms with Crippen LogP contribution in [-0.2, 0) is 11.2 Å². The second kappa shape index (κ2) is 8.78. The zero-order valence-corrected chi connectivity index (χ0v) is 21.5. The normalized spacial score (nSPS) is 24.6. The molecule has 2 N–H and O–H groups in total. The predicted molar refractivity (Wildman–Crippen MR) is 140 cm³/mol. The van der Waals surface area contributed by atoms with Crippen LogP contribution in [0.25, 0.3) is 10.9 Å². The Kier molecular flexibility index (Phi) is 5.65. The van der Waals surface area contributed by atoms with Gasteiger partial charge < -0.3 is 19.7 Å². The highest BCUT2D eigenvalue weighted by Gasteiger charge is 2.60. The topological polar surface area (TPSA) is 92.4 Å². The van der Waals surface area contributed by atoms with Crippen molar-refractivity contribution in [2.24, 2.45) is 0 Å². The molecule has 0 radical (unpaired) electrons. The molecule has 2 atom stereocenters. The van der Waals surface area contributed by atoms with Gasteiger partial charge in [-0.2, -0.15) is 0 Å². The highest BCUT2D eigenvalue weighted by atomic mass is 16.5. The van der Waals surface area contributed by atoms with E-state index < -0.39 is 11.6 Å². The predicted octanol–water partition coefficient (Wildman–Crippen LogP) is 2.80. The van der Waals surface area contributed by atoms with Gasteiger partial charge in [-0.1, -0.05) is 12.1 Å². The summed E-state index contributed by atoms with van der Waals surface area (Å²) in [6.07, 6.45) is 0.403. The molecule has 6 rings (SSSR count). The van der Waals surface area contributed by atoms with Gasteiger partial charge in [0.25, 0.3) is 5.91 Å². The van der Waals surface area contributed by atoms with Gasteiger partial charge in [0.15, 0.2) is 0 Å². The molecule has 2 fully saturated rings. The number of amides is 3. The first-order valence-corrected chi connectivity index (χ1v) is 12.8. The van der Waals surface area contributed by atoms with Crippen molar-refractivity contribution in [3.05, 3.63) is 59.3 Å². The van der Waals surface area contributed by atoms with E-state index >= 15 is 0 Å². The second-order valence-electron chi connectivity index (χ2n) is 10.6. The molecule has 0 saturated carbocycles. The third-order valence-corrected chi connectivity index (χ3v) is 8.30. The maximum atomic E-state index is 14.0. The molecule has 0 aliphatic carbocycles. The van der Waals surface area contributed by atoms with Crippen LogP contribution in [0.5, 0.6) is 11.5 Å². The number of phenolic OH excluding ortho intramolecular Hbond substituents is 1. The number of fused-ring (bicyclic) bond motifs is 4. The second-order valence-corrected chi connectivity index (χ2v) is 10.6. The number of ether oxygens (including phenoxy) is 1. The molecule has 0 bridgehead atoms. The standard InChI is InChI=1S/C28H33N5O4/c1-28-17-22-21-16-20(37-3)7-8-23(21)29-24(22)25(18-5-4-6-19(34)15-18)33(28)27(36)32(26(28)35)14-13-31-11-9-30(2)10-12-31/h4-8,15-16,25,29,34H,9-14,17H2,1-3H3/t25-,28+/m1/s1. The number of methoxy groups -OCH3 is 1. The minimum absolute atomic E-state index is 0.119. The van der Waals surface area contributed by atoms with Crippen molar-refractivity contribution in [1.82, 2.24) is 24.6 Å². The molecule has 3 amide bonds. The number of piperazine rings is 1. The lowest BCUT2D eigenvalue weighted by Gasteiger charge is -2.42. The number of imide groups is 1. The Morgan fingerprint density at radius 3 is 2.59 bits per heavy atom. The first kappa shape index (κ1) is 23.8. The number of hydrogen-bond acceptors (Lipinski definition) is 6. The van der Waals surface area contributed by atoms with Crippen molar-refractivity contribution in [3.63, 3.8) is 0 Å². The van der Waals surface area contributed by atoms with E-state index in [4.69, 9.17) is 4.74 Å². The van der Waals surface area contributed by atoms with Crippen LogP contribution in [0, 0.1) is 0 Å². The number of carbonyl (C=O) groups excluding carboxylic acids is 2. The first-order valence-electron chi connectivity index (χ1n) is 12.8. The highest BCUT2D eigenvalue weighted by Crippen LogP contribution is 2.49. The van der Waals surface area contributed by atoms with Crippen LogP contribution in [0.1, 0.15) is 29.8 Å². The van der Waals surface area contributed by atoms with E-state index in [-0.39, 0.29) is 17.7 Å². The van der Waals surface area contributed by atoms with Crippen LogP contribution >= 0.6 is 0 Å². The van der Waals surface area contributed by atoms with Gasteiger partial charge in [-0.3, -0.25) is 19.5 Å². The van der Waals surface area contributed by atoms with Gasteiger partial charge in [-0.25, -0.2) is 4.79 Å². The summed E-state index contributed by atoms with van der Waals surface area (Å²) in [5.74, 6) is 0.687. The molecule has 0 spiro atoms. The SMILES string of the molecule is COc1ccc2[nH]c3c(c2c1)C[C@@]1(C)C(=O)N(CCN2CCN(C)CC2)C(=O)N1[C@@H]3c1cccc(O)c1. The molecule has 4 heterocycles. The van der Waals surface area contributed by atoms with Gasteiger partial charge in [0.1, 0.15) is 23.1 Å². The number of phenols is 1.